The summed E-state index contributed by atoms with van der Waals surface area (Å²) in [5.41, 5.74) is 0.742. The van der Waals surface area contributed by atoms with Gasteiger partial charge in [0.05, 0.1) is 9.79 Å². The highest BCUT2D eigenvalue weighted by molar-refractivity contribution is 7.99. The van der Waals surface area contributed by atoms with E-state index in [9.17, 15) is 18.7 Å². The van der Waals surface area contributed by atoms with E-state index in [1.165, 1.54) is 24.3 Å². The highest BCUT2D eigenvalue weighted by Gasteiger charge is 2.34. The number of benzene rings is 2. The minimum absolute atomic E-state index is 0.188. The van der Waals surface area contributed by atoms with Gasteiger partial charge in [-0.1, -0.05) is 36.0 Å². The van der Waals surface area contributed by atoms with Crippen LogP contribution in [0.5, 0.6) is 0 Å². The van der Waals surface area contributed by atoms with E-state index in [0.717, 1.165) is 11.8 Å². The van der Waals surface area contributed by atoms with Gasteiger partial charge in [0.2, 0.25) is 0 Å². The van der Waals surface area contributed by atoms with Crippen molar-refractivity contribution in [1.82, 2.24) is 0 Å². The van der Waals surface area contributed by atoms with Gasteiger partial charge in [-0.05, 0) is 23.3 Å². The monoisotopic (exact) mass is 278 g/mol. The molecule has 0 aliphatic carbocycles. The lowest BCUT2D eigenvalue weighted by Crippen LogP contribution is -2.18. The lowest BCUT2D eigenvalue weighted by atomic mass is 9.90. The molecule has 0 radical (unpaired) electrons. The number of rotatable bonds is 1. The molecule has 0 fully saturated rings. The maximum absolute atomic E-state index is 13.8. The molecule has 0 saturated carbocycles. The maximum atomic E-state index is 13.8. The zero-order valence-electron chi connectivity index (χ0n) is 9.56. The molecule has 0 atom stereocenters. The van der Waals surface area contributed by atoms with Gasteiger partial charge in [-0.15, -0.1) is 0 Å². The molecule has 1 heterocycles. The molecule has 96 valence electrons. The van der Waals surface area contributed by atoms with Crippen LogP contribution in [0.25, 0.3) is 0 Å². The van der Waals surface area contributed by atoms with Gasteiger partial charge in [0.25, 0.3) is 0 Å². The van der Waals surface area contributed by atoms with Crippen molar-refractivity contribution in [2.45, 2.75) is 15.7 Å². The lowest BCUT2D eigenvalue weighted by molar-refractivity contribution is -0.137. The fourth-order valence-corrected chi connectivity index (χ4v) is 3.40. The van der Waals surface area contributed by atoms with E-state index in [2.05, 4.69) is 0 Å². The molecule has 5 heteroatoms. The average molecular weight is 278 g/mol. The van der Waals surface area contributed by atoms with Crippen LogP contribution in [0.3, 0.4) is 0 Å². The van der Waals surface area contributed by atoms with Gasteiger partial charge >= 0.3 is 5.97 Å². The van der Waals surface area contributed by atoms with Crippen molar-refractivity contribution in [3.8, 4) is 0 Å². The number of fused-ring (bicyclic) bond motifs is 2. The van der Waals surface area contributed by atoms with E-state index in [0.29, 0.717) is 11.1 Å². The standard InChI is InChI=1S/C14H8F2O2S/c15-9-5-1-3-7-11(14(17)18)8-4-2-6-10(16)13(8)19-12(7)9/h1-6,11H,(H,17,18). The number of hydrogen-bond donors (Lipinski definition) is 1. The van der Waals surface area contributed by atoms with E-state index in [1.807, 2.05) is 0 Å². The van der Waals surface area contributed by atoms with Gasteiger partial charge in [-0.3, -0.25) is 4.79 Å². The van der Waals surface area contributed by atoms with Crippen LogP contribution in [-0.4, -0.2) is 11.1 Å². The van der Waals surface area contributed by atoms with E-state index in [4.69, 9.17) is 0 Å². The van der Waals surface area contributed by atoms with Crippen molar-refractivity contribution in [3.63, 3.8) is 0 Å². The number of aliphatic carboxylic acids is 1. The molecule has 1 N–H and O–H groups in total. The van der Waals surface area contributed by atoms with Crippen LogP contribution < -0.4 is 0 Å². The lowest BCUT2D eigenvalue weighted by Gasteiger charge is -2.25. The predicted molar refractivity (Wildman–Crippen MR) is 66.4 cm³/mol. The predicted octanol–water partition coefficient (Wildman–Crippen LogP) is 3.65. The smallest absolute Gasteiger partial charge is 0.315 e. The summed E-state index contributed by atoms with van der Waals surface area (Å²) < 4.78 is 27.6. The first kappa shape index (κ1) is 12.2. The van der Waals surface area contributed by atoms with E-state index >= 15 is 0 Å². The van der Waals surface area contributed by atoms with Crippen LogP contribution in [0.1, 0.15) is 17.0 Å². The van der Waals surface area contributed by atoms with Crippen LogP contribution in [0.2, 0.25) is 0 Å². The Bertz CT molecular complexity index is 634. The largest absolute Gasteiger partial charge is 0.481 e. The molecule has 0 unspecified atom stereocenters. The number of halogens is 2. The SMILES string of the molecule is O=C(O)C1c2cccc(F)c2Sc2c(F)cccc21. The molecular formula is C14H8F2O2S. The summed E-state index contributed by atoms with van der Waals surface area (Å²) in [5.74, 6) is -3.19. The normalized spacial score (nSPS) is 13.8. The van der Waals surface area contributed by atoms with E-state index < -0.39 is 23.5 Å². The first-order valence-corrected chi connectivity index (χ1v) is 6.38. The van der Waals surface area contributed by atoms with E-state index in [1.54, 1.807) is 12.1 Å². The number of hydrogen-bond acceptors (Lipinski definition) is 2. The fraction of sp³-hybridized carbons (Fsp3) is 0.0714. The van der Waals surface area contributed by atoms with Crippen LogP contribution in [0.15, 0.2) is 46.2 Å². The molecule has 2 aromatic rings. The molecule has 0 aromatic heterocycles. The van der Waals surface area contributed by atoms with Crippen molar-refractivity contribution in [2.75, 3.05) is 0 Å². The summed E-state index contributed by atoms with van der Waals surface area (Å²) in [4.78, 5) is 11.8. The number of carbonyl (C=O) groups is 1. The molecule has 2 nitrogen and oxygen atoms in total. The van der Waals surface area contributed by atoms with Crippen molar-refractivity contribution < 1.29 is 18.7 Å². The van der Waals surface area contributed by atoms with Crippen LogP contribution in [0.4, 0.5) is 8.78 Å². The van der Waals surface area contributed by atoms with Crippen LogP contribution >= 0.6 is 11.8 Å². The number of carboxylic acids is 1. The van der Waals surface area contributed by atoms with Gasteiger partial charge in [0, 0.05) is 0 Å². The Hall–Kier alpha value is -1.88. The number of carboxylic acid groups (broad SMARTS) is 1. The Morgan fingerprint density at radius 3 is 1.89 bits per heavy atom. The third-order valence-corrected chi connectivity index (χ3v) is 4.34. The quantitative estimate of drug-likeness (QED) is 0.865. The Morgan fingerprint density at radius 1 is 1.00 bits per heavy atom. The molecule has 19 heavy (non-hydrogen) atoms. The van der Waals surface area contributed by atoms with Gasteiger partial charge < -0.3 is 5.11 Å². The molecule has 0 spiro atoms. The molecule has 0 saturated heterocycles. The zero-order valence-corrected chi connectivity index (χ0v) is 10.4. The minimum atomic E-state index is -1.11. The minimum Gasteiger partial charge on any atom is -0.481 e. The van der Waals surface area contributed by atoms with Gasteiger partial charge in [-0.25, -0.2) is 8.78 Å². The molecular weight excluding hydrogens is 270 g/mol. The average Bonchev–Trinajstić information content (AvgIpc) is 2.37. The molecule has 1 aliphatic heterocycles. The summed E-state index contributed by atoms with van der Waals surface area (Å²) in [6, 6.07) is 8.56. The van der Waals surface area contributed by atoms with Gasteiger partial charge in [0.15, 0.2) is 0 Å². The molecule has 0 bridgehead atoms. The van der Waals surface area contributed by atoms with E-state index in [-0.39, 0.29) is 9.79 Å². The Balaban J connectivity index is 2.30. The second-order valence-electron chi connectivity index (χ2n) is 4.19. The Labute approximate surface area is 112 Å². The van der Waals surface area contributed by atoms with Crippen molar-refractivity contribution in [1.29, 1.82) is 0 Å². The summed E-state index contributed by atoms with van der Waals surface area (Å²) in [5, 5.41) is 9.36. The topological polar surface area (TPSA) is 37.3 Å². The summed E-state index contributed by atoms with van der Waals surface area (Å²) in [7, 11) is 0. The molecule has 1 aliphatic rings. The third kappa shape index (κ3) is 1.81. The Kier molecular flexibility index (Phi) is 2.78. The highest BCUT2D eigenvalue weighted by atomic mass is 32.2. The molecule has 2 aromatic carbocycles. The maximum Gasteiger partial charge on any atom is 0.315 e. The second-order valence-corrected chi connectivity index (χ2v) is 5.21. The summed E-state index contributed by atoms with van der Waals surface area (Å²) >= 11 is 0.944. The molecule has 0 amide bonds. The van der Waals surface area contributed by atoms with Gasteiger partial charge in [-0.2, -0.15) is 0 Å². The van der Waals surface area contributed by atoms with Crippen molar-refractivity contribution >= 4 is 17.7 Å². The van der Waals surface area contributed by atoms with Crippen molar-refractivity contribution in [3.05, 3.63) is 59.2 Å². The van der Waals surface area contributed by atoms with Crippen LogP contribution in [-0.2, 0) is 4.79 Å². The zero-order chi connectivity index (χ0) is 13.6. The third-order valence-electron chi connectivity index (χ3n) is 3.07. The van der Waals surface area contributed by atoms with Gasteiger partial charge in [0.1, 0.15) is 17.6 Å². The van der Waals surface area contributed by atoms with Crippen LogP contribution in [0, 0.1) is 11.6 Å². The van der Waals surface area contributed by atoms with Crippen molar-refractivity contribution in [2.24, 2.45) is 0 Å². The first-order chi connectivity index (χ1) is 9.09. The first-order valence-electron chi connectivity index (χ1n) is 5.57. The summed E-state index contributed by atoms with van der Waals surface area (Å²) in [6.45, 7) is 0. The molecule has 3 rings (SSSR count). The highest BCUT2D eigenvalue weighted by Crippen LogP contribution is 2.47. The second kappa shape index (κ2) is 4.35. The fourth-order valence-electron chi connectivity index (χ4n) is 2.26. The Morgan fingerprint density at radius 2 is 1.47 bits per heavy atom. The summed E-state index contributed by atoms with van der Waals surface area (Å²) in [6.07, 6.45) is 0.